The Bertz CT molecular complexity index is 303. The number of carbonyl (C=O) groups excluding carboxylic acids is 2. The van der Waals surface area contributed by atoms with Gasteiger partial charge in [-0.05, 0) is 24.7 Å². The molecule has 1 aliphatic heterocycles. The third-order valence-corrected chi connectivity index (χ3v) is 5.12. The first-order valence-corrected chi connectivity index (χ1v) is 7.61. The summed E-state index contributed by atoms with van der Waals surface area (Å²) in [6, 6.07) is 0. The molecule has 0 aromatic carbocycles. The fourth-order valence-corrected chi connectivity index (χ4v) is 3.73. The quantitative estimate of drug-likeness (QED) is 0.591. The molecule has 0 aromatic rings. The average molecular weight is 302 g/mol. The molecule has 96 valence electrons. The molecule has 2 fully saturated rings. The van der Waals surface area contributed by atoms with E-state index in [1.54, 1.807) is 0 Å². The number of fused-ring (bicyclic) bond motifs is 1. The van der Waals surface area contributed by atoms with Gasteiger partial charge < -0.3 is 0 Å². The molecule has 2 aliphatic rings. The molecule has 0 spiro atoms. The van der Waals surface area contributed by atoms with Crippen molar-refractivity contribution >= 4 is 27.7 Å². The largest absolute Gasteiger partial charge is 0.282 e. The van der Waals surface area contributed by atoms with Gasteiger partial charge in [-0.25, -0.2) is 0 Å². The number of hydrogen-bond acceptors (Lipinski definition) is 2. The molecule has 0 N–H and O–H groups in total. The molecule has 1 aliphatic carbocycles. The first-order chi connectivity index (χ1) is 8.08. The van der Waals surface area contributed by atoms with E-state index in [1.165, 1.54) is 4.90 Å². The lowest BCUT2D eigenvalue weighted by Gasteiger charge is -2.21. The van der Waals surface area contributed by atoms with Gasteiger partial charge in [-0.3, -0.25) is 14.5 Å². The van der Waals surface area contributed by atoms with Crippen molar-refractivity contribution in [2.75, 3.05) is 11.9 Å². The molecule has 17 heavy (non-hydrogen) atoms. The minimum atomic E-state index is -0.00895. The number of carbonyl (C=O) groups is 2. The van der Waals surface area contributed by atoms with Crippen LogP contribution in [0, 0.1) is 23.7 Å². The lowest BCUT2D eigenvalue weighted by molar-refractivity contribution is -0.141. The van der Waals surface area contributed by atoms with Crippen molar-refractivity contribution in [1.82, 2.24) is 4.90 Å². The zero-order chi connectivity index (χ0) is 12.6. The van der Waals surface area contributed by atoms with Gasteiger partial charge in [-0.2, -0.15) is 0 Å². The molecule has 1 heterocycles. The maximum Gasteiger partial charge on any atom is 0.233 e. The second-order valence-electron chi connectivity index (χ2n) is 5.51. The van der Waals surface area contributed by atoms with E-state index in [0.717, 1.165) is 24.6 Å². The molecule has 2 rings (SSSR count). The van der Waals surface area contributed by atoms with E-state index < -0.39 is 0 Å². The second kappa shape index (κ2) is 5.09. The Balaban J connectivity index is 2.07. The average Bonchev–Trinajstić information content (AvgIpc) is 2.79. The topological polar surface area (TPSA) is 37.4 Å². The number of halogens is 1. The first kappa shape index (κ1) is 13.1. The minimum absolute atomic E-state index is 0.00895. The zero-order valence-corrected chi connectivity index (χ0v) is 12.1. The summed E-state index contributed by atoms with van der Waals surface area (Å²) in [5, 5.41) is 0.853. The van der Waals surface area contributed by atoms with Crippen LogP contribution in [0.3, 0.4) is 0 Å². The highest BCUT2D eigenvalue weighted by Crippen LogP contribution is 2.43. The van der Waals surface area contributed by atoms with Gasteiger partial charge in [0.1, 0.15) is 0 Å². The maximum atomic E-state index is 12.2. The normalized spacial score (nSPS) is 34.3. The monoisotopic (exact) mass is 301 g/mol. The van der Waals surface area contributed by atoms with Crippen molar-refractivity contribution in [1.29, 1.82) is 0 Å². The summed E-state index contributed by atoms with van der Waals surface area (Å²) in [6.45, 7) is 4.83. The molecule has 0 radical (unpaired) electrons. The predicted molar refractivity (Wildman–Crippen MR) is 69.7 cm³/mol. The number of alkyl halides is 1. The molecular formula is C13H20BrNO2. The Morgan fingerprint density at radius 3 is 2.24 bits per heavy atom. The molecule has 1 saturated carbocycles. The van der Waals surface area contributed by atoms with Crippen LogP contribution in [-0.2, 0) is 9.59 Å². The summed E-state index contributed by atoms with van der Waals surface area (Å²) in [7, 11) is 0. The van der Waals surface area contributed by atoms with Crippen molar-refractivity contribution < 1.29 is 9.59 Å². The summed E-state index contributed by atoms with van der Waals surface area (Å²) in [4.78, 5) is 25.9. The molecule has 0 bridgehead atoms. The van der Waals surface area contributed by atoms with E-state index in [-0.39, 0.29) is 23.7 Å². The van der Waals surface area contributed by atoms with Crippen molar-refractivity contribution in [3.63, 3.8) is 0 Å². The molecule has 3 atom stereocenters. The maximum absolute atomic E-state index is 12.2. The second-order valence-corrected chi connectivity index (χ2v) is 6.15. The Kier molecular flexibility index (Phi) is 3.91. The van der Waals surface area contributed by atoms with Gasteiger partial charge in [0.15, 0.2) is 0 Å². The van der Waals surface area contributed by atoms with Crippen molar-refractivity contribution in [3.8, 4) is 0 Å². The number of rotatable bonds is 4. The van der Waals surface area contributed by atoms with Gasteiger partial charge >= 0.3 is 0 Å². The van der Waals surface area contributed by atoms with E-state index in [4.69, 9.17) is 0 Å². The summed E-state index contributed by atoms with van der Waals surface area (Å²) < 4.78 is 0. The number of imide groups is 1. The fraction of sp³-hybridized carbons (Fsp3) is 0.846. The Labute approximate surface area is 111 Å². The highest BCUT2D eigenvalue weighted by Gasteiger charge is 2.51. The highest BCUT2D eigenvalue weighted by molar-refractivity contribution is 9.09. The fourth-order valence-electron chi connectivity index (χ4n) is 3.07. The van der Waals surface area contributed by atoms with Crippen LogP contribution in [0.25, 0.3) is 0 Å². The number of hydrogen-bond donors (Lipinski definition) is 0. The van der Waals surface area contributed by atoms with Gasteiger partial charge in [0.2, 0.25) is 11.8 Å². The Hall–Kier alpha value is -0.380. The first-order valence-electron chi connectivity index (χ1n) is 6.49. The molecule has 2 amide bonds. The third kappa shape index (κ3) is 2.28. The van der Waals surface area contributed by atoms with Crippen LogP contribution >= 0.6 is 15.9 Å². The Morgan fingerprint density at radius 2 is 1.82 bits per heavy atom. The van der Waals surface area contributed by atoms with E-state index in [0.29, 0.717) is 18.4 Å². The van der Waals surface area contributed by atoms with Crippen LogP contribution in [-0.4, -0.2) is 28.6 Å². The molecule has 1 saturated heterocycles. The Morgan fingerprint density at radius 1 is 1.29 bits per heavy atom. The van der Waals surface area contributed by atoms with Gasteiger partial charge in [-0.1, -0.05) is 36.2 Å². The summed E-state index contributed by atoms with van der Waals surface area (Å²) in [6.07, 6.45) is 2.79. The SMILES string of the molecule is CCC(CBr)CN1C(=O)C2CC(C)CC2C1=O. The van der Waals surface area contributed by atoms with Crippen molar-refractivity contribution in [3.05, 3.63) is 0 Å². The van der Waals surface area contributed by atoms with Crippen LogP contribution in [0.15, 0.2) is 0 Å². The molecular weight excluding hydrogens is 282 g/mol. The number of amides is 2. The smallest absolute Gasteiger partial charge is 0.233 e. The predicted octanol–water partition coefficient (Wildman–Crippen LogP) is 2.44. The van der Waals surface area contributed by atoms with Gasteiger partial charge in [0, 0.05) is 11.9 Å². The van der Waals surface area contributed by atoms with Crippen LogP contribution in [0.1, 0.15) is 33.1 Å². The molecule has 0 aromatic heterocycles. The van der Waals surface area contributed by atoms with Gasteiger partial charge in [-0.15, -0.1) is 0 Å². The molecule has 4 heteroatoms. The molecule has 3 unspecified atom stereocenters. The minimum Gasteiger partial charge on any atom is -0.282 e. The van der Waals surface area contributed by atoms with E-state index in [9.17, 15) is 9.59 Å². The third-order valence-electron chi connectivity index (χ3n) is 4.20. The van der Waals surface area contributed by atoms with Gasteiger partial charge in [0.05, 0.1) is 11.8 Å². The van der Waals surface area contributed by atoms with Crippen LogP contribution in [0.5, 0.6) is 0 Å². The lowest BCUT2D eigenvalue weighted by atomic mass is 10.00. The lowest BCUT2D eigenvalue weighted by Crippen LogP contribution is -2.36. The summed E-state index contributed by atoms with van der Waals surface area (Å²) in [5.74, 6) is 1.07. The van der Waals surface area contributed by atoms with Crippen molar-refractivity contribution in [2.45, 2.75) is 33.1 Å². The number of likely N-dealkylation sites (tertiary alicyclic amines) is 1. The van der Waals surface area contributed by atoms with Crippen molar-refractivity contribution in [2.24, 2.45) is 23.7 Å². The van der Waals surface area contributed by atoms with Crippen LogP contribution < -0.4 is 0 Å². The van der Waals surface area contributed by atoms with Crippen LogP contribution in [0.4, 0.5) is 0 Å². The summed E-state index contributed by atoms with van der Waals surface area (Å²) >= 11 is 3.44. The van der Waals surface area contributed by atoms with E-state index >= 15 is 0 Å². The number of nitrogens with zero attached hydrogens (tertiary/aromatic N) is 1. The summed E-state index contributed by atoms with van der Waals surface area (Å²) in [5.41, 5.74) is 0. The zero-order valence-electron chi connectivity index (χ0n) is 10.5. The van der Waals surface area contributed by atoms with Gasteiger partial charge in [0.25, 0.3) is 0 Å². The standard InChI is InChI=1S/C13H20BrNO2/c1-3-9(6-14)7-15-12(16)10-4-8(2)5-11(10)13(15)17/h8-11H,3-7H2,1-2H3. The van der Waals surface area contributed by atoms with E-state index in [2.05, 4.69) is 29.8 Å². The molecule has 3 nitrogen and oxygen atoms in total. The van der Waals surface area contributed by atoms with E-state index in [1.807, 2.05) is 0 Å². The highest BCUT2D eigenvalue weighted by atomic mass is 79.9. The van der Waals surface area contributed by atoms with Crippen LogP contribution in [0.2, 0.25) is 0 Å².